The summed E-state index contributed by atoms with van der Waals surface area (Å²) in [7, 11) is 1.59. The van der Waals surface area contributed by atoms with Crippen molar-refractivity contribution in [2.75, 3.05) is 20.1 Å². The van der Waals surface area contributed by atoms with Crippen molar-refractivity contribution >= 4 is 35.8 Å². The summed E-state index contributed by atoms with van der Waals surface area (Å²) in [5.74, 6) is 0.227. The number of hydrogen-bond acceptors (Lipinski definition) is 3. The number of ether oxygens (including phenoxy) is 1. The average Bonchev–Trinajstić information content (AvgIpc) is 3.51. The summed E-state index contributed by atoms with van der Waals surface area (Å²) < 4.78 is 42.3. The first kappa shape index (κ1) is 26.7. The van der Waals surface area contributed by atoms with Gasteiger partial charge in [0.25, 0.3) is 5.91 Å². The van der Waals surface area contributed by atoms with E-state index in [2.05, 4.69) is 25.7 Å². The highest BCUT2D eigenvalue weighted by Gasteiger charge is 2.42. The van der Waals surface area contributed by atoms with Crippen molar-refractivity contribution in [3.05, 3.63) is 65.2 Å². The molecular formula is C23H28F3IN4O2. The molecule has 2 unspecified atom stereocenters. The third-order valence-electron chi connectivity index (χ3n) is 5.09. The second-order valence-corrected chi connectivity index (χ2v) is 7.47. The predicted octanol–water partition coefficient (Wildman–Crippen LogP) is 4.22. The van der Waals surface area contributed by atoms with E-state index >= 15 is 0 Å². The van der Waals surface area contributed by atoms with E-state index in [1.807, 2.05) is 25.1 Å². The standard InChI is InChI=1S/C23H27F3N4O2.HI/c1-3-28-22(29-12-11-15-7-6-8-16(13-15)21(31)27-2)30-19-14-18(19)17-9-4-5-10-20(17)32-23(24,25)26;/h4-10,13,18-19H,3,11-12,14H2,1-2H3,(H,27,31)(H2,28,29,30);1H. The van der Waals surface area contributed by atoms with Gasteiger partial charge in [-0.3, -0.25) is 9.79 Å². The summed E-state index contributed by atoms with van der Waals surface area (Å²) in [6, 6.07) is 13.6. The van der Waals surface area contributed by atoms with Gasteiger partial charge in [-0.1, -0.05) is 30.3 Å². The number of guanidine groups is 1. The Morgan fingerprint density at radius 3 is 2.64 bits per heavy atom. The molecule has 3 N–H and O–H groups in total. The van der Waals surface area contributed by atoms with Crippen molar-refractivity contribution in [3.8, 4) is 5.75 Å². The summed E-state index contributed by atoms with van der Waals surface area (Å²) in [5, 5.41) is 9.07. The van der Waals surface area contributed by atoms with Crippen molar-refractivity contribution < 1.29 is 22.7 Å². The largest absolute Gasteiger partial charge is 0.573 e. The van der Waals surface area contributed by atoms with Crippen LogP contribution in [0.25, 0.3) is 0 Å². The summed E-state index contributed by atoms with van der Waals surface area (Å²) >= 11 is 0. The monoisotopic (exact) mass is 576 g/mol. The molecule has 0 bridgehead atoms. The molecule has 0 aromatic heterocycles. The molecule has 0 radical (unpaired) electrons. The average molecular weight is 576 g/mol. The minimum atomic E-state index is -4.72. The second-order valence-electron chi connectivity index (χ2n) is 7.47. The molecule has 6 nitrogen and oxygen atoms in total. The van der Waals surface area contributed by atoms with E-state index in [0.29, 0.717) is 43.0 Å². The molecule has 10 heteroatoms. The normalized spacial score (nSPS) is 17.5. The van der Waals surface area contributed by atoms with Gasteiger partial charge in [-0.25, -0.2) is 0 Å². The Morgan fingerprint density at radius 1 is 1.18 bits per heavy atom. The lowest BCUT2D eigenvalue weighted by Gasteiger charge is -2.14. The highest BCUT2D eigenvalue weighted by atomic mass is 127. The topological polar surface area (TPSA) is 74.8 Å². The molecule has 0 heterocycles. The molecule has 0 spiro atoms. The van der Waals surface area contributed by atoms with Crippen LogP contribution < -0.4 is 20.7 Å². The second kappa shape index (κ2) is 12.1. The SMILES string of the molecule is CCNC(=NCCc1cccc(C(=O)NC)c1)NC1CC1c1ccccc1OC(F)(F)F.I. The Labute approximate surface area is 208 Å². The highest BCUT2D eigenvalue weighted by molar-refractivity contribution is 14.0. The minimum absolute atomic E-state index is 0. The van der Waals surface area contributed by atoms with Gasteiger partial charge >= 0.3 is 6.36 Å². The van der Waals surface area contributed by atoms with Gasteiger partial charge in [-0.05, 0) is 49.1 Å². The number of benzene rings is 2. The molecule has 1 fully saturated rings. The van der Waals surface area contributed by atoms with Crippen molar-refractivity contribution in [3.63, 3.8) is 0 Å². The number of carbonyl (C=O) groups excluding carboxylic acids is 1. The van der Waals surface area contributed by atoms with E-state index in [9.17, 15) is 18.0 Å². The van der Waals surface area contributed by atoms with Gasteiger partial charge in [0.15, 0.2) is 5.96 Å². The van der Waals surface area contributed by atoms with Crippen molar-refractivity contribution in [2.24, 2.45) is 4.99 Å². The van der Waals surface area contributed by atoms with Gasteiger partial charge in [0.05, 0.1) is 0 Å². The Kier molecular flexibility index (Phi) is 9.81. The van der Waals surface area contributed by atoms with E-state index in [4.69, 9.17) is 0 Å². The van der Waals surface area contributed by atoms with E-state index in [1.165, 1.54) is 12.1 Å². The first-order chi connectivity index (χ1) is 15.3. The Balaban J connectivity index is 0.00000385. The fraction of sp³-hybridized carbons (Fsp3) is 0.391. The summed E-state index contributed by atoms with van der Waals surface area (Å²) in [6.45, 7) is 3.10. The van der Waals surface area contributed by atoms with Gasteiger partial charge in [0, 0.05) is 37.7 Å². The van der Waals surface area contributed by atoms with Gasteiger partial charge in [0.1, 0.15) is 5.75 Å². The fourth-order valence-electron chi connectivity index (χ4n) is 3.51. The maximum Gasteiger partial charge on any atom is 0.573 e. The predicted molar refractivity (Wildman–Crippen MR) is 132 cm³/mol. The number of halogens is 4. The number of nitrogens with one attached hydrogen (secondary N) is 3. The number of nitrogens with zero attached hydrogens (tertiary/aromatic N) is 1. The van der Waals surface area contributed by atoms with Crippen LogP contribution in [-0.4, -0.2) is 44.4 Å². The van der Waals surface area contributed by atoms with E-state index in [-0.39, 0.29) is 47.6 Å². The number of alkyl halides is 3. The maximum absolute atomic E-state index is 12.7. The summed E-state index contributed by atoms with van der Waals surface area (Å²) in [6.07, 6.45) is -3.38. The molecule has 33 heavy (non-hydrogen) atoms. The molecule has 1 aliphatic carbocycles. The summed E-state index contributed by atoms with van der Waals surface area (Å²) in [4.78, 5) is 16.4. The van der Waals surface area contributed by atoms with Crippen molar-refractivity contribution in [2.45, 2.75) is 38.1 Å². The third-order valence-corrected chi connectivity index (χ3v) is 5.09. The lowest BCUT2D eigenvalue weighted by molar-refractivity contribution is -0.274. The third kappa shape index (κ3) is 8.09. The Bertz CT molecular complexity index is 969. The van der Waals surface area contributed by atoms with Crippen LogP contribution in [0, 0.1) is 0 Å². The minimum Gasteiger partial charge on any atom is -0.405 e. The van der Waals surface area contributed by atoms with Crippen LogP contribution in [0.2, 0.25) is 0 Å². The fourth-order valence-corrected chi connectivity index (χ4v) is 3.51. The lowest BCUT2D eigenvalue weighted by atomic mass is 10.1. The number of hydrogen-bond donors (Lipinski definition) is 3. The van der Waals surface area contributed by atoms with E-state index in [0.717, 1.165) is 5.56 Å². The van der Waals surface area contributed by atoms with Crippen LogP contribution in [0.15, 0.2) is 53.5 Å². The molecule has 1 aliphatic rings. The van der Waals surface area contributed by atoms with Crippen LogP contribution in [-0.2, 0) is 6.42 Å². The molecule has 0 saturated heterocycles. The number of aliphatic imine (C=N–C) groups is 1. The molecule has 180 valence electrons. The maximum atomic E-state index is 12.7. The van der Waals surface area contributed by atoms with Gasteiger partial charge in [-0.15, -0.1) is 37.1 Å². The van der Waals surface area contributed by atoms with E-state index < -0.39 is 6.36 Å². The van der Waals surface area contributed by atoms with E-state index in [1.54, 1.807) is 25.2 Å². The smallest absolute Gasteiger partial charge is 0.405 e. The lowest BCUT2D eigenvalue weighted by Crippen LogP contribution is -2.39. The Hall–Kier alpha value is -2.50. The van der Waals surface area contributed by atoms with Crippen LogP contribution in [0.4, 0.5) is 13.2 Å². The van der Waals surface area contributed by atoms with Gasteiger partial charge in [-0.2, -0.15) is 0 Å². The molecule has 1 amide bonds. The Morgan fingerprint density at radius 2 is 1.94 bits per heavy atom. The number of rotatable bonds is 8. The molecule has 2 atom stereocenters. The zero-order valence-electron chi connectivity index (χ0n) is 18.4. The molecule has 0 aliphatic heterocycles. The van der Waals surface area contributed by atoms with Crippen molar-refractivity contribution in [1.82, 2.24) is 16.0 Å². The molecule has 2 aromatic rings. The molecule has 3 rings (SSSR count). The van der Waals surface area contributed by atoms with Crippen LogP contribution in [0.5, 0.6) is 5.75 Å². The number of para-hydroxylation sites is 1. The quantitative estimate of drug-likeness (QED) is 0.250. The molecular weight excluding hydrogens is 548 g/mol. The number of carbonyl (C=O) groups is 1. The first-order valence-corrected chi connectivity index (χ1v) is 10.5. The molecule has 1 saturated carbocycles. The van der Waals surface area contributed by atoms with Crippen molar-refractivity contribution in [1.29, 1.82) is 0 Å². The first-order valence-electron chi connectivity index (χ1n) is 10.5. The highest BCUT2D eigenvalue weighted by Crippen LogP contribution is 2.45. The van der Waals surface area contributed by atoms with Crippen LogP contribution >= 0.6 is 24.0 Å². The molecule has 2 aromatic carbocycles. The summed E-state index contributed by atoms with van der Waals surface area (Å²) in [5.41, 5.74) is 2.12. The number of amides is 1. The zero-order chi connectivity index (χ0) is 23.1. The van der Waals surface area contributed by atoms with Gasteiger partial charge in [0.2, 0.25) is 0 Å². The zero-order valence-corrected chi connectivity index (χ0v) is 20.7. The van der Waals surface area contributed by atoms with Gasteiger partial charge < -0.3 is 20.7 Å². The van der Waals surface area contributed by atoms with Crippen LogP contribution in [0.1, 0.15) is 40.7 Å². The van der Waals surface area contributed by atoms with Crippen LogP contribution in [0.3, 0.4) is 0 Å².